The van der Waals surface area contributed by atoms with E-state index in [9.17, 15) is 4.79 Å². The van der Waals surface area contributed by atoms with Gasteiger partial charge >= 0.3 is 0 Å². The number of amides is 1. The van der Waals surface area contributed by atoms with Crippen molar-refractivity contribution >= 4 is 23.6 Å². The number of H-pyrrole nitrogens is 1. The van der Waals surface area contributed by atoms with E-state index in [0.717, 1.165) is 37.4 Å². The molecule has 1 amide bonds. The molecular weight excluding hydrogens is 340 g/mol. The second kappa shape index (κ2) is 7.17. The lowest BCUT2D eigenvalue weighted by Gasteiger charge is -2.30. The van der Waals surface area contributed by atoms with Crippen LogP contribution in [0.4, 0.5) is 5.95 Å². The Morgan fingerprint density at radius 3 is 2.80 bits per heavy atom. The van der Waals surface area contributed by atoms with Crippen LogP contribution in [0.2, 0.25) is 0 Å². The van der Waals surface area contributed by atoms with Crippen LogP contribution in [0.15, 0.2) is 6.07 Å². The van der Waals surface area contributed by atoms with E-state index in [-0.39, 0.29) is 11.9 Å². The number of aryl methyl sites for hydroxylation is 2. The van der Waals surface area contributed by atoms with Crippen molar-refractivity contribution in [3.8, 4) is 11.5 Å². The van der Waals surface area contributed by atoms with Gasteiger partial charge < -0.3 is 4.74 Å². The van der Waals surface area contributed by atoms with E-state index in [1.165, 1.54) is 0 Å². The van der Waals surface area contributed by atoms with Crippen molar-refractivity contribution in [2.45, 2.75) is 43.6 Å². The molecule has 0 spiro atoms. The number of aromatic amines is 1. The van der Waals surface area contributed by atoms with Gasteiger partial charge in [0.1, 0.15) is 5.69 Å². The fourth-order valence-corrected chi connectivity index (χ4v) is 4.20. The molecule has 2 aromatic rings. The van der Waals surface area contributed by atoms with E-state index in [1.807, 2.05) is 33.9 Å². The van der Waals surface area contributed by atoms with E-state index >= 15 is 0 Å². The Hall–Kier alpha value is -1.87. The molecular formula is C16H24N6O2S. The summed E-state index contributed by atoms with van der Waals surface area (Å²) in [7, 11) is 1.84. The summed E-state index contributed by atoms with van der Waals surface area (Å²) in [4.78, 5) is 17.0. The molecule has 0 atom stereocenters. The number of aromatic nitrogens is 5. The Labute approximate surface area is 151 Å². The second-order valence-electron chi connectivity index (χ2n) is 6.70. The van der Waals surface area contributed by atoms with Crippen LogP contribution in [0, 0.1) is 6.92 Å². The topological polar surface area (TPSA) is 97.7 Å². The molecule has 0 aromatic carbocycles. The van der Waals surface area contributed by atoms with E-state index < -0.39 is 4.75 Å². The summed E-state index contributed by atoms with van der Waals surface area (Å²) < 4.78 is 6.55. The van der Waals surface area contributed by atoms with Crippen LogP contribution in [0.5, 0.6) is 0 Å². The summed E-state index contributed by atoms with van der Waals surface area (Å²) >= 11 is 1.69. The van der Waals surface area contributed by atoms with Crippen molar-refractivity contribution in [3.05, 3.63) is 11.8 Å². The smallest absolute Gasteiger partial charge is 0.249 e. The summed E-state index contributed by atoms with van der Waals surface area (Å²) in [5, 5.41) is 14.5. The number of carbonyl (C=O) groups is 1. The zero-order chi connectivity index (χ0) is 18.0. The van der Waals surface area contributed by atoms with Crippen LogP contribution >= 0.6 is 11.8 Å². The minimum Gasteiger partial charge on any atom is -0.381 e. The molecule has 1 aliphatic rings. The number of nitrogens with zero attached hydrogens (tertiary/aromatic N) is 4. The summed E-state index contributed by atoms with van der Waals surface area (Å²) in [6.07, 6.45) is 1.96. The molecule has 0 unspecified atom stereocenters. The molecule has 25 heavy (non-hydrogen) atoms. The lowest BCUT2D eigenvalue weighted by Crippen LogP contribution is -2.37. The maximum absolute atomic E-state index is 12.7. The largest absolute Gasteiger partial charge is 0.381 e. The fourth-order valence-electron chi connectivity index (χ4n) is 2.78. The number of anilines is 1. The van der Waals surface area contributed by atoms with Gasteiger partial charge in [-0.15, -0.1) is 16.9 Å². The van der Waals surface area contributed by atoms with Crippen molar-refractivity contribution in [2.24, 2.45) is 7.05 Å². The fraction of sp³-hybridized carbons (Fsp3) is 0.625. The van der Waals surface area contributed by atoms with E-state index in [2.05, 4.69) is 25.6 Å². The van der Waals surface area contributed by atoms with Gasteiger partial charge in [0.05, 0.1) is 10.4 Å². The molecule has 2 aromatic heterocycles. The third-order valence-electron chi connectivity index (χ3n) is 4.13. The van der Waals surface area contributed by atoms with Crippen LogP contribution in [-0.4, -0.2) is 54.1 Å². The first-order chi connectivity index (χ1) is 11.8. The second-order valence-corrected chi connectivity index (χ2v) is 8.62. The van der Waals surface area contributed by atoms with Crippen LogP contribution in [0.1, 0.15) is 32.4 Å². The van der Waals surface area contributed by atoms with Gasteiger partial charge in [0, 0.05) is 25.5 Å². The van der Waals surface area contributed by atoms with Gasteiger partial charge in [-0.2, -0.15) is 10.1 Å². The molecule has 0 radical (unpaired) electrons. The van der Waals surface area contributed by atoms with Crippen molar-refractivity contribution in [1.29, 1.82) is 0 Å². The Morgan fingerprint density at radius 1 is 1.44 bits per heavy atom. The Balaban J connectivity index is 1.65. The highest BCUT2D eigenvalue weighted by molar-refractivity contribution is 8.02. The quantitative estimate of drug-likeness (QED) is 0.843. The lowest BCUT2D eigenvalue weighted by molar-refractivity contribution is -0.117. The zero-order valence-electron chi connectivity index (χ0n) is 15.0. The minimum absolute atomic E-state index is 0.101. The molecule has 136 valence electrons. The average molecular weight is 364 g/mol. The molecule has 1 aliphatic heterocycles. The van der Waals surface area contributed by atoms with Crippen molar-refractivity contribution < 1.29 is 9.53 Å². The van der Waals surface area contributed by atoms with Crippen molar-refractivity contribution in [1.82, 2.24) is 25.0 Å². The summed E-state index contributed by atoms with van der Waals surface area (Å²) in [5.74, 6) is 0.753. The Bertz CT molecular complexity index is 748. The van der Waals surface area contributed by atoms with E-state index in [1.54, 1.807) is 16.4 Å². The first-order valence-corrected chi connectivity index (χ1v) is 9.23. The molecule has 9 heteroatoms. The molecule has 8 nitrogen and oxygen atoms in total. The van der Waals surface area contributed by atoms with Crippen LogP contribution in [0.25, 0.3) is 11.5 Å². The van der Waals surface area contributed by atoms with Gasteiger partial charge in [-0.1, -0.05) is 0 Å². The van der Waals surface area contributed by atoms with Gasteiger partial charge in [-0.3, -0.25) is 19.9 Å². The number of thioether (sulfide) groups is 1. The third kappa shape index (κ3) is 4.21. The van der Waals surface area contributed by atoms with Gasteiger partial charge in [-0.25, -0.2) is 0 Å². The van der Waals surface area contributed by atoms with E-state index in [4.69, 9.17) is 4.74 Å². The first kappa shape index (κ1) is 17.9. The summed E-state index contributed by atoms with van der Waals surface area (Å²) in [6.45, 7) is 7.31. The van der Waals surface area contributed by atoms with E-state index in [0.29, 0.717) is 11.1 Å². The van der Waals surface area contributed by atoms with Crippen LogP contribution in [-0.2, 0) is 16.6 Å². The third-order valence-corrected chi connectivity index (χ3v) is 5.71. The maximum atomic E-state index is 12.7. The number of carbonyl (C=O) groups excluding carboxylic acids is 1. The van der Waals surface area contributed by atoms with Gasteiger partial charge in [0.2, 0.25) is 11.9 Å². The molecule has 0 saturated carbocycles. The Morgan fingerprint density at radius 2 is 2.16 bits per heavy atom. The summed E-state index contributed by atoms with van der Waals surface area (Å²) in [6, 6.07) is 1.91. The molecule has 1 saturated heterocycles. The highest BCUT2D eigenvalue weighted by Crippen LogP contribution is 2.34. The molecule has 2 N–H and O–H groups in total. The lowest BCUT2D eigenvalue weighted by atomic mass is 10.2. The monoisotopic (exact) mass is 364 g/mol. The predicted molar refractivity (Wildman–Crippen MR) is 97.5 cm³/mol. The molecule has 1 fully saturated rings. The minimum atomic E-state index is -0.564. The normalized spacial score (nSPS) is 16.2. The summed E-state index contributed by atoms with van der Waals surface area (Å²) in [5.41, 5.74) is 1.72. The van der Waals surface area contributed by atoms with Gasteiger partial charge in [-0.05, 0) is 39.7 Å². The number of rotatable bonds is 5. The van der Waals surface area contributed by atoms with Gasteiger partial charge in [0.15, 0.2) is 5.82 Å². The SMILES string of the molecule is Cc1cc(-c2nc(NC(=O)C(C)(C)SC3CCOCC3)n[nH]2)n(C)n1. The predicted octanol–water partition coefficient (Wildman–Crippen LogP) is 2.14. The Kier molecular flexibility index (Phi) is 5.14. The standard InChI is InChI=1S/C16H24N6O2S/c1-10-9-12(22(4)21-10)13-17-15(20-19-13)18-14(23)16(2,3)25-11-5-7-24-8-6-11/h9,11H,5-8H2,1-4H3,(H2,17,18,19,20,23). The number of hydrogen-bond donors (Lipinski definition) is 2. The number of hydrogen-bond acceptors (Lipinski definition) is 6. The number of ether oxygens (including phenoxy) is 1. The zero-order valence-corrected chi connectivity index (χ0v) is 15.8. The molecule has 0 aliphatic carbocycles. The highest BCUT2D eigenvalue weighted by atomic mass is 32.2. The number of nitrogens with one attached hydrogen (secondary N) is 2. The van der Waals surface area contributed by atoms with Crippen LogP contribution in [0.3, 0.4) is 0 Å². The first-order valence-electron chi connectivity index (χ1n) is 8.35. The highest BCUT2D eigenvalue weighted by Gasteiger charge is 2.33. The molecule has 0 bridgehead atoms. The molecule has 3 heterocycles. The van der Waals surface area contributed by atoms with Crippen molar-refractivity contribution in [2.75, 3.05) is 18.5 Å². The average Bonchev–Trinajstić information content (AvgIpc) is 3.14. The van der Waals surface area contributed by atoms with Gasteiger partial charge in [0.25, 0.3) is 0 Å². The maximum Gasteiger partial charge on any atom is 0.249 e. The van der Waals surface area contributed by atoms with Crippen LogP contribution < -0.4 is 5.32 Å². The molecule has 3 rings (SSSR count). The van der Waals surface area contributed by atoms with Crippen molar-refractivity contribution in [3.63, 3.8) is 0 Å².